The van der Waals surface area contributed by atoms with Gasteiger partial charge in [0, 0.05) is 0 Å². The molecule has 0 bridgehead atoms. The lowest BCUT2D eigenvalue weighted by Gasteiger charge is -2.03. The zero-order chi connectivity index (χ0) is 13.4. The van der Waals surface area contributed by atoms with Gasteiger partial charge in [-0.05, 0) is 23.6 Å². The average molecular weight is 299 g/mol. The molecule has 3 heterocycles. The Morgan fingerprint density at radius 2 is 2.05 bits per heavy atom. The third kappa shape index (κ3) is 2.03. The van der Waals surface area contributed by atoms with Gasteiger partial charge in [0.2, 0.25) is 5.88 Å². The molecule has 0 N–H and O–H groups in total. The standard InChI is InChI=1S/C14H9N3OS2/c1-2-4-11-10(3-1)17-12(20-11)7-18-13-9-5-6-19-14(9)16-8-15-13/h1-6,8H,7H2. The molecule has 0 atom stereocenters. The number of hydrogen-bond acceptors (Lipinski definition) is 6. The van der Waals surface area contributed by atoms with Crippen molar-refractivity contribution in [3.8, 4) is 5.88 Å². The Labute approximate surface area is 122 Å². The molecule has 0 radical (unpaired) electrons. The first kappa shape index (κ1) is 11.7. The molecule has 20 heavy (non-hydrogen) atoms. The average Bonchev–Trinajstić information content (AvgIpc) is 3.11. The molecule has 4 aromatic rings. The van der Waals surface area contributed by atoms with E-state index in [2.05, 4.69) is 21.0 Å². The molecule has 0 amide bonds. The third-order valence-corrected chi connectivity index (χ3v) is 4.73. The lowest BCUT2D eigenvalue weighted by molar-refractivity contribution is 0.297. The van der Waals surface area contributed by atoms with Crippen LogP contribution in [0.25, 0.3) is 20.4 Å². The van der Waals surface area contributed by atoms with Crippen molar-refractivity contribution in [1.82, 2.24) is 15.0 Å². The molecule has 0 saturated heterocycles. The first-order chi connectivity index (χ1) is 9.90. The summed E-state index contributed by atoms with van der Waals surface area (Å²) in [5.74, 6) is 0.621. The van der Waals surface area contributed by atoms with E-state index < -0.39 is 0 Å². The van der Waals surface area contributed by atoms with E-state index in [-0.39, 0.29) is 0 Å². The summed E-state index contributed by atoms with van der Waals surface area (Å²) in [5.41, 5.74) is 1.01. The topological polar surface area (TPSA) is 47.9 Å². The number of para-hydroxylation sites is 1. The summed E-state index contributed by atoms with van der Waals surface area (Å²) in [5, 5.41) is 3.90. The number of rotatable bonds is 3. The van der Waals surface area contributed by atoms with E-state index in [1.54, 1.807) is 22.7 Å². The Bertz CT molecular complexity index is 851. The van der Waals surface area contributed by atoms with E-state index in [0.29, 0.717) is 12.5 Å². The van der Waals surface area contributed by atoms with Crippen molar-refractivity contribution < 1.29 is 4.74 Å². The Kier molecular flexibility index (Phi) is 2.82. The summed E-state index contributed by atoms with van der Waals surface area (Å²) in [4.78, 5) is 13.9. The van der Waals surface area contributed by atoms with Crippen LogP contribution in [0.4, 0.5) is 0 Å². The van der Waals surface area contributed by atoms with Gasteiger partial charge in [-0.2, -0.15) is 0 Å². The number of nitrogens with zero attached hydrogens (tertiary/aromatic N) is 3. The lowest BCUT2D eigenvalue weighted by Crippen LogP contribution is -1.97. The van der Waals surface area contributed by atoms with Crippen molar-refractivity contribution in [2.24, 2.45) is 0 Å². The molecular formula is C14H9N3OS2. The molecule has 4 nitrogen and oxygen atoms in total. The number of ether oxygens (including phenoxy) is 1. The molecule has 0 aliphatic rings. The van der Waals surface area contributed by atoms with Gasteiger partial charge in [-0.1, -0.05) is 12.1 Å². The van der Waals surface area contributed by atoms with E-state index in [9.17, 15) is 0 Å². The van der Waals surface area contributed by atoms with Gasteiger partial charge in [0.15, 0.2) is 0 Å². The van der Waals surface area contributed by atoms with Crippen LogP contribution in [0.1, 0.15) is 5.01 Å². The first-order valence-electron chi connectivity index (χ1n) is 6.05. The number of thiophene rings is 1. The monoisotopic (exact) mass is 299 g/mol. The fraction of sp³-hybridized carbons (Fsp3) is 0.0714. The smallest absolute Gasteiger partial charge is 0.225 e. The van der Waals surface area contributed by atoms with Gasteiger partial charge in [-0.25, -0.2) is 15.0 Å². The van der Waals surface area contributed by atoms with E-state index in [0.717, 1.165) is 20.7 Å². The normalized spacial score (nSPS) is 11.2. The Balaban J connectivity index is 1.62. The zero-order valence-electron chi connectivity index (χ0n) is 10.3. The van der Waals surface area contributed by atoms with E-state index >= 15 is 0 Å². The Hall–Kier alpha value is -2.05. The summed E-state index contributed by atoms with van der Waals surface area (Å²) in [6, 6.07) is 10.1. The van der Waals surface area contributed by atoms with Crippen molar-refractivity contribution in [3.63, 3.8) is 0 Å². The Morgan fingerprint density at radius 3 is 3.00 bits per heavy atom. The van der Waals surface area contributed by atoms with Crippen molar-refractivity contribution in [2.45, 2.75) is 6.61 Å². The Morgan fingerprint density at radius 1 is 1.10 bits per heavy atom. The lowest BCUT2D eigenvalue weighted by atomic mass is 10.3. The van der Waals surface area contributed by atoms with Gasteiger partial charge in [0.25, 0.3) is 0 Å². The molecule has 98 valence electrons. The highest BCUT2D eigenvalue weighted by Gasteiger charge is 2.08. The van der Waals surface area contributed by atoms with E-state index in [1.165, 1.54) is 11.0 Å². The van der Waals surface area contributed by atoms with Gasteiger partial charge in [0.1, 0.15) is 22.8 Å². The molecule has 0 aliphatic carbocycles. The van der Waals surface area contributed by atoms with Crippen LogP contribution in [0.3, 0.4) is 0 Å². The van der Waals surface area contributed by atoms with Crippen LogP contribution >= 0.6 is 22.7 Å². The highest BCUT2D eigenvalue weighted by molar-refractivity contribution is 7.18. The van der Waals surface area contributed by atoms with E-state index in [4.69, 9.17) is 4.74 Å². The zero-order valence-corrected chi connectivity index (χ0v) is 11.9. The largest absolute Gasteiger partial charge is 0.470 e. The second-order valence-corrected chi connectivity index (χ2v) is 6.19. The van der Waals surface area contributed by atoms with Crippen LogP contribution in [-0.4, -0.2) is 15.0 Å². The van der Waals surface area contributed by atoms with Gasteiger partial charge < -0.3 is 4.74 Å². The molecule has 0 saturated carbocycles. The fourth-order valence-electron chi connectivity index (χ4n) is 1.99. The minimum atomic E-state index is 0.432. The maximum absolute atomic E-state index is 5.80. The van der Waals surface area contributed by atoms with Gasteiger partial charge in [0.05, 0.1) is 15.6 Å². The summed E-state index contributed by atoms with van der Waals surface area (Å²) in [7, 11) is 0. The summed E-state index contributed by atoms with van der Waals surface area (Å²) >= 11 is 3.23. The minimum absolute atomic E-state index is 0.432. The predicted octanol–water partition coefficient (Wildman–Crippen LogP) is 3.88. The quantitative estimate of drug-likeness (QED) is 0.576. The van der Waals surface area contributed by atoms with E-state index in [1.807, 2.05) is 29.6 Å². The fourth-order valence-corrected chi connectivity index (χ4v) is 3.60. The molecule has 0 spiro atoms. The number of benzene rings is 1. The third-order valence-electron chi connectivity index (χ3n) is 2.90. The van der Waals surface area contributed by atoms with Crippen molar-refractivity contribution >= 4 is 43.1 Å². The highest BCUT2D eigenvalue weighted by atomic mass is 32.1. The molecule has 0 fully saturated rings. The van der Waals surface area contributed by atoms with Gasteiger partial charge in [-0.3, -0.25) is 0 Å². The maximum Gasteiger partial charge on any atom is 0.225 e. The van der Waals surface area contributed by atoms with Crippen LogP contribution < -0.4 is 4.74 Å². The SMILES string of the molecule is c1ccc2sc(COc3ncnc4sccc34)nc2c1. The minimum Gasteiger partial charge on any atom is -0.470 e. The molecule has 6 heteroatoms. The highest BCUT2D eigenvalue weighted by Crippen LogP contribution is 2.27. The van der Waals surface area contributed by atoms with Crippen LogP contribution in [0.5, 0.6) is 5.88 Å². The molecule has 0 unspecified atom stereocenters. The van der Waals surface area contributed by atoms with Gasteiger partial charge in [-0.15, -0.1) is 22.7 Å². The van der Waals surface area contributed by atoms with Crippen LogP contribution in [0.2, 0.25) is 0 Å². The molecule has 3 aromatic heterocycles. The van der Waals surface area contributed by atoms with Crippen molar-refractivity contribution in [2.75, 3.05) is 0 Å². The van der Waals surface area contributed by atoms with Crippen LogP contribution in [0.15, 0.2) is 42.0 Å². The van der Waals surface area contributed by atoms with Crippen molar-refractivity contribution in [1.29, 1.82) is 0 Å². The van der Waals surface area contributed by atoms with Crippen molar-refractivity contribution in [3.05, 3.63) is 47.0 Å². The van der Waals surface area contributed by atoms with Crippen LogP contribution in [0, 0.1) is 0 Å². The molecule has 4 rings (SSSR count). The maximum atomic E-state index is 5.80. The number of fused-ring (bicyclic) bond motifs is 2. The molecule has 1 aromatic carbocycles. The molecular weight excluding hydrogens is 290 g/mol. The number of aromatic nitrogens is 3. The first-order valence-corrected chi connectivity index (χ1v) is 7.75. The summed E-state index contributed by atoms with van der Waals surface area (Å²) in [6.07, 6.45) is 1.53. The van der Waals surface area contributed by atoms with Gasteiger partial charge >= 0.3 is 0 Å². The summed E-state index contributed by atoms with van der Waals surface area (Å²) < 4.78 is 6.97. The second-order valence-electron chi connectivity index (χ2n) is 4.18. The number of thiazole rings is 1. The summed E-state index contributed by atoms with van der Waals surface area (Å²) in [6.45, 7) is 0.432. The number of hydrogen-bond donors (Lipinski definition) is 0. The second kappa shape index (κ2) is 4.81. The predicted molar refractivity (Wildman–Crippen MR) is 81.4 cm³/mol. The molecule has 0 aliphatic heterocycles. The van der Waals surface area contributed by atoms with Crippen LogP contribution in [-0.2, 0) is 6.61 Å².